The number of benzene rings is 3. The largest absolute Gasteiger partial charge is 0.454 e. The summed E-state index contributed by atoms with van der Waals surface area (Å²) in [7, 11) is 0. The number of amides is 1. The molecule has 3 aromatic rings. The Bertz CT molecular complexity index is 1230. The Morgan fingerprint density at radius 2 is 1.91 bits per heavy atom. The number of halogens is 1. The van der Waals surface area contributed by atoms with Gasteiger partial charge in [-0.25, -0.2) is 4.79 Å². The van der Waals surface area contributed by atoms with E-state index in [9.17, 15) is 9.59 Å². The van der Waals surface area contributed by atoms with Crippen molar-refractivity contribution >= 4 is 29.2 Å². The molecule has 168 valence electrons. The SMILES string of the molecule is CCCN1C(=O)C(Cc2cccc3c2OCO3)(OC(=O)c2ccccc2)c2cc(Cl)ccc21. The van der Waals surface area contributed by atoms with Crippen molar-refractivity contribution in [1.82, 2.24) is 0 Å². The van der Waals surface area contributed by atoms with Crippen molar-refractivity contribution in [2.75, 3.05) is 18.2 Å². The number of hydrogen-bond acceptors (Lipinski definition) is 5. The van der Waals surface area contributed by atoms with Gasteiger partial charge in [-0.3, -0.25) is 4.79 Å². The first-order valence-corrected chi connectivity index (χ1v) is 11.2. The van der Waals surface area contributed by atoms with Crippen LogP contribution in [-0.2, 0) is 21.6 Å². The number of rotatable bonds is 6. The molecule has 6 nitrogen and oxygen atoms in total. The lowest BCUT2D eigenvalue weighted by molar-refractivity contribution is -0.137. The van der Waals surface area contributed by atoms with Crippen molar-refractivity contribution < 1.29 is 23.8 Å². The third kappa shape index (κ3) is 3.60. The lowest BCUT2D eigenvalue weighted by Gasteiger charge is -2.29. The Kier molecular flexibility index (Phi) is 5.46. The van der Waals surface area contributed by atoms with Crippen LogP contribution in [0.5, 0.6) is 11.5 Å². The molecular formula is C26H22ClNO5. The van der Waals surface area contributed by atoms with Gasteiger partial charge in [0.15, 0.2) is 11.5 Å². The second kappa shape index (κ2) is 8.45. The fourth-order valence-electron chi connectivity index (χ4n) is 4.45. The van der Waals surface area contributed by atoms with E-state index in [1.807, 2.05) is 25.1 Å². The van der Waals surface area contributed by atoms with Gasteiger partial charge in [0.2, 0.25) is 12.4 Å². The van der Waals surface area contributed by atoms with Gasteiger partial charge < -0.3 is 19.1 Å². The number of carbonyl (C=O) groups excluding carboxylic acids is 2. The number of ether oxygens (including phenoxy) is 3. The number of hydrogen-bond donors (Lipinski definition) is 0. The zero-order chi connectivity index (χ0) is 23.0. The minimum Gasteiger partial charge on any atom is -0.454 e. The Morgan fingerprint density at radius 1 is 1.09 bits per heavy atom. The molecule has 2 aliphatic heterocycles. The topological polar surface area (TPSA) is 65.1 Å². The number of anilines is 1. The van der Waals surface area contributed by atoms with Crippen molar-refractivity contribution in [2.45, 2.75) is 25.4 Å². The summed E-state index contributed by atoms with van der Waals surface area (Å²) in [6.45, 7) is 2.58. The first-order chi connectivity index (χ1) is 16.0. The molecule has 1 amide bonds. The lowest BCUT2D eigenvalue weighted by Crippen LogP contribution is -2.45. The highest BCUT2D eigenvalue weighted by Gasteiger charge is 2.55. The van der Waals surface area contributed by atoms with E-state index in [1.165, 1.54) is 0 Å². The number of nitrogens with zero attached hydrogens (tertiary/aromatic N) is 1. The molecule has 7 heteroatoms. The van der Waals surface area contributed by atoms with Gasteiger partial charge in [-0.15, -0.1) is 0 Å². The lowest BCUT2D eigenvalue weighted by atomic mass is 9.87. The molecule has 2 aliphatic rings. The van der Waals surface area contributed by atoms with Crippen LogP contribution in [0.1, 0.15) is 34.8 Å². The molecule has 0 radical (unpaired) electrons. The van der Waals surface area contributed by atoms with Gasteiger partial charge in [0, 0.05) is 29.1 Å². The molecule has 0 aromatic heterocycles. The van der Waals surface area contributed by atoms with Gasteiger partial charge in [0.25, 0.3) is 5.91 Å². The van der Waals surface area contributed by atoms with E-state index in [2.05, 4.69) is 0 Å². The molecule has 5 rings (SSSR count). The van der Waals surface area contributed by atoms with Crippen LogP contribution in [0.4, 0.5) is 5.69 Å². The maximum Gasteiger partial charge on any atom is 0.339 e. The van der Waals surface area contributed by atoms with Crippen molar-refractivity contribution in [3.63, 3.8) is 0 Å². The van der Waals surface area contributed by atoms with Crippen molar-refractivity contribution in [3.05, 3.63) is 88.4 Å². The van der Waals surface area contributed by atoms with E-state index in [4.69, 9.17) is 25.8 Å². The van der Waals surface area contributed by atoms with E-state index in [1.54, 1.807) is 53.4 Å². The molecule has 3 aromatic carbocycles. The van der Waals surface area contributed by atoms with Crippen LogP contribution < -0.4 is 14.4 Å². The molecule has 0 N–H and O–H groups in total. The minimum atomic E-state index is -1.59. The number of esters is 1. The fraction of sp³-hybridized carbons (Fsp3) is 0.231. The van der Waals surface area contributed by atoms with E-state index in [-0.39, 0.29) is 19.1 Å². The summed E-state index contributed by atoms with van der Waals surface area (Å²) in [4.78, 5) is 28.9. The summed E-state index contributed by atoms with van der Waals surface area (Å²) < 4.78 is 17.3. The standard InChI is InChI=1S/C26H22ClNO5/c1-2-13-28-21-12-11-19(27)14-20(21)26(25(28)30,33-24(29)17-7-4-3-5-8-17)15-18-9-6-10-22-23(18)32-16-31-22/h3-12,14H,2,13,15-16H2,1H3. The molecule has 0 spiro atoms. The Labute approximate surface area is 196 Å². The zero-order valence-electron chi connectivity index (χ0n) is 18.0. The smallest absolute Gasteiger partial charge is 0.339 e. The Morgan fingerprint density at radius 3 is 2.70 bits per heavy atom. The van der Waals surface area contributed by atoms with Gasteiger partial charge in [-0.05, 0) is 42.8 Å². The first-order valence-electron chi connectivity index (χ1n) is 10.8. The second-order valence-electron chi connectivity index (χ2n) is 8.03. The van der Waals surface area contributed by atoms with Gasteiger partial charge in [0.05, 0.1) is 11.3 Å². The second-order valence-corrected chi connectivity index (χ2v) is 8.46. The van der Waals surface area contributed by atoms with Gasteiger partial charge in [-0.1, -0.05) is 48.9 Å². The van der Waals surface area contributed by atoms with Gasteiger partial charge >= 0.3 is 5.97 Å². The van der Waals surface area contributed by atoms with E-state index in [0.717, 1.165) is 6.42 Å². The zero-order valence-corrected chi connectivity index (χ0v) is 18.8. The predicted octanol–water partition coefficient (Wildman–Crippen LogP) is 5.12. The van der Waals surface area contributed by atoms with E-state index >= 15 is 0 Å². The molecular weight excluding hydrogens is 442 g/mol. The maximum absolute atomic E-state index is 14.0. The van der Waals surface area contributed by atoms with Crippen molar-refractivity contribution in [1.29, 1.82) is 0 Å². The molecule has 33 heavy (non-hydrogen) atoms. The summed E-state index contributed by atoms with van der Waals surface area (Å²) in [6, 6.07) is 19.4. The van der Waals surface area contributed by atoms with Gasteiger partial charge in [-0.2, -0.15) is 0 Å². The fourth-order valence-corrected chi connectivity index (χ4v) is 4.62. The Hall–Kier alpha value is -3.51. The molecule has 0 fully saturated rings. The average molecular weight is 464 g/mol. The third-order valence-corrected chi connectivity index (χ3v) is 6.15. The highest BCUT2D eigenvalue weighted by atomic mass is 35.5. The van der Waals surface area contributed by atoms with Crippen LogP contribution in [0.3, 0.4) is 0 Å². The van der Waals surface area contributed by atoms with Crippen LogP contribution >= 0.6 is 11.6 Å². The van der Waals surface area contributed by atoms with Crippen LogP contribution in [0.2, 0.25) is 5.02 Å². The van der Waals surface area contributed by atoms with Crippen LogP contribution in [0, 0.1) is 0 Å². The summed E-state index contributed by atoms with van der Waals surface area (Å²) >= 11 is 6.36. The first kappa shape index (κ1) is 21.3. The molecule has 0 aliphatic carbocycles. The monoisotopic (exact) mass is 463 g/mol. The Balaban J connectivity index is 1.66. The van der Waals surface area contributed by atoms with E-state index in [0.29, 0.717) is 45.4 Å². The molecule has 0 saturated heterocycles. The molecule has 0 saturated carbocycles. The number of para-hydroxylation sites is 1. The highest BCUT2D eigenvalue weighted by Crippen LogP contribution is 2.48. The van der Waals surface area contributed by atoms with Crippen molar-refractivity contribution in [2.24, 2.45) is 0 Å². The van der Waals surface area contributed by atoms with Crippen molar-refractivity contribution in [3.8, 4) is 11.5 Å². The van der Waals surface area contributed by atoms with E-state index < -0.39 is 11.6 Å². The predicted molar refractivity (Wildman–Crippen MR) is 124 cm³/mol. The van der Waals surface area contributed by atoms with Crippen LogP contribution in [0.25, 0.3) is 0 Å². The maximum atomic E-state index is 14.0. The highest BCUT2D eigenvalue weighted by molar-refractivity contribution is 6.31. The summed E-state index contributed by atoms with van der Waals surface area (Å²) in [5.74, 6) is 0.262. The molecule has 1 atom stereocenters. The quantitative estimate of drug-likeness (QED) is 0.475. The molecule has 0 bridgehead atoms. The van der Waals surface area contributed by atoms with Crippen LogP contribution in [0.15, 0.2) is 66.7 Å². The summed E-state index contributed by atoms with van der Waals surface area (Å²) in [5.41, 5.74) is 0.735. The van der Waals surface area contributed by atoms with Crippen LogP contribution in [-0.4, -0.2) is 25.2 Å². The summed E-state index contributed by atoms with van der Waals surface area (Å²) in [5, 5.41) is 0.456. The average Bonchev–Trinajstić information content (AvgIpc) is 3.39. The molecule has 1 unspecified atom stereocenters. The number of fused-ring (bicyclic) bond motifs is 2. The number of carbonyl (C=O) groups is 2. The minimum absolute atomic E-state index is 0.0878. The third-order valence-electron chi connectivity index (χ3n) is 5.92. The van der Waals surface area contributed by atoms with Gasteiger partial charge in [0.1, 0.15) is 0 Å². The summed E-state index contributed by atoms with van der Waals surface area (Å²) in [6.07, 6.45) is 0.832. The normalized spacial score (nSPS) is 18.4. The molecule has 2 heterocycles.